The van der Waals surface area contributed by atoms with Gasteiger partial charge in [0, 0.05) is 28.6 Å². The Morgan fingerprint density at radius 1 is 1.32 bits per heavy atom. The topological polar surface area (TPSA) is 69.6 Å². The molecule has 19 heavy (non-hydrogen) atoms. The van der Waals surface area contributed by atoms with Crippen LogP contribution in [0.4, 0.5) is 0 Å². The van der Waals surface area contributed by atoms with Crippen molar-refractivity contribution in [2.45, 2.75) is 20.0 Å². The molecule has 0 saturated carbocycles. The largest absolute Gasteiger partial charge is 0.396 e. The highest BCUT2D eigenvalue weighted by molar-refractivity contribution is 6.34. The van der Waals surface area contributed by atoms with Gasteiger partial charge in [-0.25, -0.2) is 0 Å². The minimum absolute atomic E-state index is 0.0631. The number of nitrogens with one attached hydrogen (secondary N) is 1. The van der Waals surface area contributed by atoms with Crippen LogP contribution in [0.15, 0.2) is 18.2 Å². The van der Waals surface area contributed by atoms with Gasteiger partial charge in [-0.2, -0.15) is 0 Å². The van der Waals surface area contributed by atoms with Gasteiger partial charge in [0.05, 0.1) is 0 Å². The molecule has 1 aromatic carbocycles. The van der Waals surface area contributed by atoms with Crippen LogP contribution in [0.1, 0.15) is 25.5 Å². The van der Waals surface area contributed by atoms with E-state index >= 15 is 0 Å². The molecule has 0 aliphatic rings. The van der Waals surface area contributed by atoms with Gasteiger partial charge in [0.15, 0.2) is 6.10 Å². The van der Waals surface area contributed by atoms with Crippen molar-refractivity contribution in [1.82, 2.24) is 5.32 Å². The zero-order chi connectivity index (χ0) is 14.6. The van der Waals surface area contributed by atoms with Crippen LogP contribution in [0.2, 0.25) is 10.0 Å². The molecular weight excluding hydrogens is 289 g/mol. The molecule has 0 bridgehead atoms. The molecule has 1 atom stereocenters. The van der Waals surface area contributed by atoms with E-state index in [1.807, 2.05) is 0 Å². The third-order valence-corrected chi connectivity index (χ3v) is 3.05. The van der Waals surface area contributed by atoms with E-state index in [0.717, 1.165) is 0 Å². The number of carbonyl (C=O) groups is 1. The summed E-state index contributed by atoms with van der Waals surface area (Å²) in [5, 5.41) is 22.3. The molecule has 0 radical (unpaired) electrons. The Morgan fingerprint density at radius 3 is 2.32 bits per heavy atom. The Labute approximate surface area is 122 Å². The average Bonchev–Trinajstić information content (AvgIpc) is 2.34. The highest BCUT2D eigenvalue weighted by atomic mass is 35.5. The summed E-state index contributed by atoms with van der Waals surface area (Å²) in [5.41, 5.74) is -0.113. The highest BCUT2D eigenvalue weighted by Crippen LogP contribution is 2.24. The van der Waals surface area contributed by atoms with Crippen LogP contribution >= 0.6 is 23.2 Å². The van der Waals surface area contributed by atoms with E-state index in [0.29, 0.717) is 15.6 Å². The van der Waals surface area contributed by atoms with Crippen LogP contribution in [-0.4, -0.2) is 29.3 Å². The van der Waals surface area contributed by atoms with Crippen molar-refractivity contribution in [2.75, 3.05) is 13.2 Å². The Hall–Kier alpha value is -0.810. The second-order valence-electron chi connectivity index (χ2n) is 5.15. The molecular formula is C13H17Cl2NO3. The smallest absolute Gasteiger partial charge is 0.253 e. The number of hydrogen-bond acceptors (Lipinski definition) is 3. The average molecular weight is 306 g/mol. The third-order valence-electron chi connectivity index (χ3n) is 2.62. The summed E-state index contributed by atoms with van der Waals surface area (Å²) in [6.07, 6.45) is -1.34. The predicted molar refractivity (Wildman–Crippen MR) is 75.3 cm³/mol. The van der Waals surface area contributed by atoms with E-state index in [-0.39, 0.29) is 13.2 Å². The summed E-state index contributed by atoms with van der Waals surface area (Å²) in [5.74, 6) is -0.556. The van der Waals surface area contributed by atoms with Gasteiger partial charge in [-0.1, -0.05) is 37.0 Å². The van der Waals surface area contributed by atoms with E-state index in [1.165, 1.54) is 18.2 Å². The Balaban J connectivity index is 2.71. The number of aliphatic hydroxyl groups is 2. The van der Waals surface area contributed by atoms with Crippen LogP contribution < -0.4 is 5.32 Å². The van der Waals surface area contributed by atoms with Gasteiger partial charge in [0.1, 0.15) is 0 Å². The summed E-state index contributed by atoms with van der Waals surface area (Å²) in [6.45, 7) is 3.80. The van der Waals surface area contributed by atoms with E-state index in [9.17, 15) is 9.90 Å². The van der Waals surface area contributed by atoms with Crippen LogP contribution in [0.3, 0.4) is 0 Å². The molecule has 3 N–H and O–H groups in total. The molecule has 0 heterocycles. The van der Waals surface area contributed by atoms with Gasteiger partial charge < -0.3 is 15.5 Å². The van der Waals surface area contributed by atoms with Crippen LogP contribution in [0.5, 0.6) is 0 Å². The molecule has 0 unspecified atom stereocenters. The van der Waals surface area contributed by atoms with Crippen molar-refractivity contribution < 1.29 is 15.0 Å². The lowest BCUT2D eigenvalue weighted by Crippen LogP contribution is -2.38. The standard InChI is InChI=1S/C13H17Cl2NO3/c1-13(2,7-17)6-16-12(19)11(18)8-3-9(14)5-10(15)4-8/h3-5,11,17-18H,6-7H2,1-2H3,(H,16,19)/t11-/m1/s1. The predicted octanol–water partition coefficient (Wildman–Crippen LogP) is 2.16. The Bertz CT molecular complexity index is 443. The normalized spacial score (nSPS) is 13.2. The fourth-order valence-corrected chi connectivity index (χ4v) is 1.91. The number of hydrogen-bond donors (Lipinski definition) is 3. The maximum Gasteiger partial charge on any atom is 0.253 e. The molecule has 0 fully saturated rings. The van der Waals surface area contributed by atoms with Gasteiger partial charge in [-0.3, -0.25) is 4.79 Å². The first-order valence-electron chi connectivity index (χ1n) is 5.78. The Morgan fingerprint density at radius 2 is 1.84 bits per heavy atom. The van der Waals surface area contributed by atoms with E-state index in [1.54, 1.807) is 13.8 Å². The van der Waals surface area contributed by atoms with Crippen LogP contribution in [0, 0.1) is 5.41 Å². The van der Waals surface area contributed by atoms with Crippen LogP contribution in [-0.2, 0) is 4.79 Å². The van der Waals surface area contributed by atoms with Gasteiger partial charge in [-0.05, 0) is 23.8 Å². The van der Waals surface area contributed by atoms with E-state index < -0.39 is 17.4 Å². The van der Waals surface area contributed by atoms with Gasteiger partial charge in [-0.15, -0.1) is 0 Å². The molecule has 0 aliphatic carbocycles. The minimum atomic E-state index is -1.34. The number of benzene rings is 1. The molecule has 0 aromatic heterocycles. The fraction of sp³-hybridized carbons (Fsp3) is 0.462. The summed E-state index contributed by atoms with van der Waals surface area (Å²) in [4.78, 5) is 11.8. The molecule has 1 rings (SSSR count). The number of amides is 1. The lowest BCUT2D eigenvalue weighted by atomic mass is 9.95. The summed E-state index contributed by atoms with van der Waals surface area (Å²) >= 11 is 11.6. The maximum atomic E-state index is 11.8. The molecule has 106 valence electrons. The SMILES string of the molecule is CC(C)(CO)CNC(=O)[C@H](O)c1cc(Cl)cc(Cl)c1. The van der Waals surface area contributed by atoms with E-state index in [4.69, 9.17) is 28.3 Å². The number of aliphatic hydroxyl groups excluding tert-OH is 2. The monoisotopic (exact) mass is 305 g/mol. The van der Waals surface area contributed by atoms with Gasteiger partial charge in [0.2, 0.25) is 0 Å². The summed E-state index contributed by atoms with van der Waals surface area (Å²) in [6, 6.07) is 4.48. The van der Waals surface area contributed by atoms with Crippen molar-refractivity contribution in [3.05, 3.63) is 33.8 Å². The fourth-order valence-electron chi connectivity index (χ4n) is 1.36. The second kappa shape index (κ2) is 6.57. The summed E-state index contributed by atoms with van der Waals surface area (Å²) in [7, 11) is 0. The van der Waals surface area contributed by atoms with Gasteiger partial charge >= 0.3 is 0 Å². The lowest BCUT2D eigenvalue weighted by Gasteiger charge is -2.23. The lowest BCUT2D eigenvalue weighted by molar-refractivity contribution is -0.130. The zero-order valence-corrected chi connectivity index (χ0v) is 12.3. The highest BCUT2D eigenvalue weighted by Gasteiger charge is 2.22. The Kier molecular flexibility index (Phi) is 5.62. The second-order valence-corrected chi connectivity index (χ2v) is 6.02. The number of halogens is 2. The van der Waals surface area contributed by atoms with Crippen molar-refractivity contribution in [3.8, 4) is 0 Å². The molecule has 1 amide bonds. The van der Waals surface area contributed by atoms with Crippen LogP contribution in [0.25, 0.3) is 0 Å². The maximum absolute atomic E-state index is 11.8. The minimum Gasteiger partial charge on any atom is -0.396 e. The number of carbonyl (C=O) groups excluding carboxylic acids is 1. The zero-order valence-electron chi connectivity index (χ0n) is 10.8. The molecule has 0 aliphatic heterocycles. The third kappa shape index (κ3) is 4.99. The first-order chi connectivity index (χ1) is 8.75. The molecule has 1 aromatic rings. The molecule has 6 heteroatoms. The van der Waals surface area contributed by atoms with Crippen molar-refractivity contribution in [2.24, 2.45) is 5.41 Å². The first-order valence-corrected chi connectivity index (χ1v) is 6.53. The van der Waals surface area contributed by atoms with Crippen molar-refractivity contribution in [3.63, 3.8) is 0 Å². The van der Waals surface area contributed by atoms with E-state index in [2.05, 4.69) is 5.32 Å². The molecule has 4 nitrogen and oxygen atoms in total. The quantitative estimate of drug-likeness (QED) is 0.781. The van der Waals surface area contributed by atoms with Crippen molar-refractivity contribution in [1.29, 1.82) is 0 Å². The molecule has 0 saturated heterocycles. The molecule has 0 spiro atoms. The number of rotatable bonds is 5. The van der Waals surface area contributed by atoms with Gasteiger partial charge in [0.25, 0.3) is 5.91 Å². The summed E-state index contributed by atoms with van der Waals surface area (Å²) < 4.78 is 0. The van der Waals surface area contributed by atoms with Crippen molar-refractivity contribution >= 4 is 29.1 Å². The first kappa shape index (κ1) is 16.2.